The molecule has 0 radical (unpaired) electrons. The number of rotatable bonds is 6. The lowest BCUT2D eigenvalue weighted by Gasteiger charge is -2.10. The van der Waals surface area contributed by atoms with Gasteiger partial charge in [-0.05, 0) is 36.5 Å². The minimum Gasteiger partial charge on any atom is -0.291 e. The van der Waals surface area contributed by atoms with E-state index >= 15 is 0 Å². The van der Waals surface area contributed by atoms with Crippen molar-refractivity contribution in [2.45, 2.75) is 49.4 Å². The number of aryl methyl sites for hydroxylation is 1. The molecule has 7 nitrogen and oxygen atoms in total. The van der Waals surface area contributed by atoms with Crippen LogP contribution in [0.4, 0.5) is 0 Å². The van der Waals surface area contributed by atoms with Crippen LogP contribution >= 0.6 is 0 Å². The monoisotopic (exact) mass is 385 g/mol. The van der Waals surface area contributed by atoms with E-state index in [0.717, 1.165) is 24.4 Å². The molecule has 0 atom stereocenters. The zero-order chi connectivity index (χ0) is 19.2. The summed E-state index contributed by atoms with van der Waals surface area (Å²) in [6, 6.07) is 7.87. The highest BCUT2D eigenvalue weighted by Crippen LogP contribution is 2.38. The first-order chi connectivity index (χ1) is 12.8. The predicted octanol–water partition coefficient (Wildman–Crippen LogP) is 2.98. The lowest BCUT2D eigenvalue weighted by atomic mass is 10.0. The van der Waals surface area contributed by atoms with Gasteiger partial charge in [0.25, 0.3) is 0 Å². The minimum absolute atomic E-state index is 0.0239. The van der Waals surface area contributed by atoms with Gasteiger partial charge in [-0.3, -0.25) is 9.25 Å². The fraction of sp³-hybridized carbons (Fsp3) is 0.421. The Bertz CT molecular complexity index is 1060. The maximum Gasteiger partial charge on any atom is 0.232 e. The van der Waals surface area contributed by atoms with Crippen molar-refractivity contribution in [1.82, 2.24) is 24.3 Å². The highest BCUT2D eigenvalue weighted by atomic mass is 32.2. The molecule has 0 spiro atoms. The molecule has 1 fully saturated rings. The normalized spacial score (nSPS) is 14.8. The fourth-order valence-corrected chi connectivity index (χ4v) is 4.46. The van der Waals surface area contributed by atoms with E-state index in [9.17, 15) is 8.42 Å². The van der Waals surface area contributed by atoms with Gasteiger partial charge in [-0.25, -0.2) is 18.4 Å². The van der Waals surface area contributed by atoms with E-state index in [4.69, 9.17) is 0 Å². The van der Waals surface area contributed by atoms with Crippen LogP contribution in [0.3, 0.4) is 0 Å². The van der Waals surface area contributed by atoms with Crippen molar-refractivity contribution in [1.29, 1.82) is 0 Å². The highest BCUT2D eigenvalue weighted by Gasteiger charge is 2.30. The number of hydrogen-bond donors (Lipinski definition) is 0. The van der Waals surface area contributed by atoms with Crippen molar-refractivity contribution in [2.24, 2.45) is 7.05 Å². The van der Waals surface area contributed by atoms with Crippen molar-refractivity contribution in [3.8, 4) is 5.69 Å². The Hall–Kier alpha value is -2.48. The smallest absolute Gasteiger partial charge is 0.232 e. The van der Waals surface area contributed by atoms with Crippen molar-refractivity contribution in [3.63, 3.8) is 0 Å². The van der Waals surface area contributed by atoms with E-state index in [1.54, 1.807) is 22.5 Å². The molecule has 1 saturated carbocycles. The molecule has 2 aromatic heterocycles. The molecule has 2 heterocycles. The largest absolute Gasteiger partial charge is 0.291 e. The lowest BCUT2D eigenvalue weighted by molar-refractivity contribution is 0.579. The second-order valence-electron chi connectivity index (χ2n) is 7.37. The van der Waals surface area contributed by atoms with Gasteiger partial charge in [0.2, 0.25) is 15.0 Å². The predicted molar refractivity (Wildman–Crippen MR) is 102 cm³/mol. The molecule has 27 heavy (non-hydrogen) atoms. The number of benzene rings is 1. The van der Waals surface area contributed by atoms with E-state index in [-0.39, 0.29) is 10.9 Å². The quantitative estimate of drug-likeness (QED) is 0.651. The average Bonchev–Trinajstić information content (AvgIpc) is 3.24. The summed E-state index contributed by atoms with van der Waals surface area (Å²) in [6.45, 7) is 4.25. The summed E-state index contributed by atoms with van der Waals surface area (Å²) in [4.78, 5) is 8.56. The lowest BCUT2D eigenvalue weighted by Crippen LogP contribution is -2.14. The molecular formula is C19H23N5O2S. The third-order valence-corrected chi connectivity index (χ3v) is 6.35. The number of nitrogens with zero attached hydrogens (tertiary/aromatic N) is 5. The van der Waals surface area contributed by atoms with E-state index in [2.05, 4.69) is 28.9 Å². The van der Waals surface area contributed by atoms with Gasteiger partial charge >= 0.3 is 0 Å². The van der Waals surface area contributed by atoms with Crippen LogP contribution in [-0.4, -0.2) is 32.7 Å². The summed E-state index contributed by atoms with van der Waals surface area (Å²) in [5.74, 6) is 1.78. The van der Waals surface area contributed by atoms with Crippen LogP contribution in [0.2, 0.25) is 0 Å². The maximum absolute atomic E-state index is 13.0. The third-order valence-electron chi connectivity index (χ3n) is 4.85. The van der Waals surface area contributed by atoms with Crippen molar-refractivity contribution in [3.05, 3.63) is 53.9 Å². The molecule has 0 saturated heterocycles. The van der Waals surface area contributed by atoms with Crippen LogP contribution in [0, 0.1) is 0 Å². The first kappa shape index (κ1) is 17.9. The molecule has 0 amide bonds. The van der Waals surface area contributed by atoms with Crippen LogP contribution in [0.15, 0.2) is 41.8 Å². The average molecular weight is 385 g/mol. The zero-order valence-corrected chi connectivity index (χ0v) is 16.5. The van der Waals surface area contributed by atoms with Gasteiger partial charge in [0.15, 0.2) is 5.82 Å². The Balaban J connectivity index is 1.64. The molecule has 0 aliphatic heterocycles. The van der Waals surface area contributed by atoms with E-state index in [1.807, 2.05) is 24.3 Å². The van der Waals surface area contributed by atoms with Crippen LogP contribution in [0.5, 0.6) is 0 Å². The zero-order valence-electron chi connectivity index (χ0n) is 15.7. The third kappa shape index (κ3) is 3.53. The van der Waals surface area contributed by atoms with Crippen LogP contribution in [0.25, 0.3) is 5.69 Å². The topological polar surface area (TPSA) is 82.7 Å². The standard InChI is InChI=1S/C19H23N5O2S/c1-13(2)14-6-8-16(9-7-14)24-11-10-20-19(24)27(25,26)12-17-21-18(15-4-5-15)22-23(17)3/h6-11,13,15H,4-5,12H2,1-3H3. The van der Waals surface area contributed by atoms with Gasteiger partial charge in [-0.2, -0.15) is 5.10 Å². The fourth-order valence-electron chi connectivity index (χ4n) is 3.05. The van der Waals surface area contributed by atoms with Crippen molar-refractivity contribution >= 4 is 9.84 Å². The summed E-state index contributed by atoms with van der Waals surface area (Å²) in [5.41, 5.74) is 1.97. The molecule has 8 heteroatoms. The van der Waals surface area contributed by atoms with Crippen LogP contribution < -0.4 is 0 Å². The van der Waals surface area contributed by atoms with Gasteiger partial charge in [0, 0.05) is 31.0 Å². The number of imidazole rings is 1. The van der Waals surface area contributed by atoms with Gasteiger partial charge in [-0.15, -0.1) is 0 Å². The molecule has 1 aliphatic carbocycles. The number of sulfone groups is 1. The Morgan fingerprint density at radius 1 is 1.19 bits per heavy atom. The van der Waals surface area contributed by atoms with Crippen molar-refractivity contribution < 1.29 is 8.42 Å². The molecular weight excluding hydrogens is 362 g/mol. The van der Waals surface area contributed by atoms with E-state index in [1.165, 1.54) is 11.8 Å². The second-order valence-corrected chi connectivity index (χ2v) is 9.25. The van der Waals surface area contributed by atoms with Gasteiger partial charge < -0.3 is 0 Å². The molecule has 142 valence electrons. The molecule has 4 rings (SSSR count). The summed E-state index contributed by atoms with van der Waals surface area (Å²) < 4.78 is 29.2. The SMILES string of the molecule is CC(C)c1ccc(-n2ccnc2S(=O)(=O)Cc2nc(C3CC3)nn2C)cc1. The summed E-state index contributed by atoms with van der Waals surface area (Å²) in [6.07, 6.45) is 5.33. The Morgan fingerprint density at radius 2 is 1.89 bits per heavy atom. The first-order valence-electron chi connectivity index (χ1n) is 9.11. The van der Waals surface area contributed by atoms with Crippen LogP contribution in [-0.2, 0) is 22.6 Å². The molecule has 0 bridgehead atoms. The van der Waals surface area contributed by atoms with Gasteiger partial charge in [-0.1, -0.05) is 26.0 Å². The molecule has 1 aliphatic rings. The minimum atomic E-state index is -3.66. The van der Waals surface area contributed by atoms with E-state index < -0.39 is 9.84 Å². The summed E-state index contributed by atoms with van der Waals surface area (Å²) in [5, 5.41) is 4.38. The summed E-state index contributed by atoms with van der Waals surface area (Å²) >= 11 is 0. The Morgan fingerprint density at radius 3 is 2.52 bits per heavy atom. The second kappa shape index (κ2) is 6.60. The Kier molecular flexibility index (Phi) is 4.38. The molecule has 0 unspecified atom stereocenters. The first-order valence-corrected chi connectivity index (χ1v) is 10.8. The van der Waals surface area contributed by atoms with Crippen molar-refractivity contribution in [2.75, 3.05) is 0 Å². The van der Waals surface area contributed by atoms with Gasteiger partial charge in [0.05, 0.1) is 0 Å². The molecule has 3 aromatic rings. The van der Waals surface area contributed by atoms with Crippen LogP contribution in [0.1, 0.15) is 55.7 Å². The number of hydrogen-bond acceptors (Lipinski definition) is 5. The van der Waals surface area contributed by atoms with E-state index in [0.29, 0.717) is 17.7 Å². The highest BCUT2D eigenvalue weighted by molar-refractivity contribution is 7.90. The Labute approximate surface area is 159 Å². The number of aromatic nitrogens is 5. The summed E-state index contributed by atoms with van der Waals surface area (Å²) in [7, 11) is -1.92. The molecule has 0 N–H and O–H groups in total. The van der Waals surface area contributed by atoms with Gasteiger partial charge in [0.1, 0.15) is 11.6 Å². The molecule has 1 aromatic carbocycles. The maximum atomic E-state index is 13.0.